The van der Waals surface area contributed by atoms with Gasteiger partial charge in [-0.2, -0.15) is 0 Å². The van der Waals surface area contributed by atoms with Gasteiger partial charge in [-0.15, -0.1) is 0 Å². The molecule has 7 rings (SSSR count). The largest absolute Gasteiger partial charge is 0.396 e. The van der Waals surface area contributed by atoms with E-state index in [-0.39, 0.29) is 29.5 Å². The number of nitrogens with one attached hydrogen (secondary N) is 1. The van der Waals surface area contributed by atoms with E-state index in [2.05, 4.69) is 30.6 Å². The molecule has 0 aromatic carbocycles. The van der Waals surface area contributed by atoms with Crippen LogP contribution in [-0.2, 0) is 4.74 Å². The fourth-order valence-corrected chi connectivity index (χ4v) is 10.4. The molecule has 6 N–H and O–H groups in total. The zero-order valence-electron chi connectivity index (χ0n) is 21.2. The van der Waals surface area contributed by atoms with E-state index in [9.17, 15) is 5.11 Å². The summed E-state index contributed by atoms with van der Waals surface area (Å²) in [5.74, 6) is 2.33. The summed E-state index contributed by atoms with van der Waals surface area (Å²) >= 11 is 0. The molecule has 3 heterocycles. The van der Waals surface area contributed by atoms with Gasteiger partial charge in [-0.25, -0.2) is 0 Å². The SMILES string of the molecule is CC12CCCC3CC(C4CC(CC5=CNC(N)C=C5)CC5(CCCC5)C4)(CC(N)(CCO)C31)O2. The van der Waals surface area contributed by atoms with Gasteiger partial charge in [0.1, 0.15) is 0 Å². The smallest absolute Gasteiger partial charge is 0.0934 e. The Kier molecular flexibility index (Phi) is 5.76. The molecule has 190 valence electrons. The average molecular weight is 470 g/mol. The van der Waals surface area contributed by atoms with E-state index >= 15 is 0 Å². The highest BCUT2D eigenvalue weighted by Gasteiger charge is 2.69. The molecule has 5 nitrogen and oxygen atoms in total. The molecule has 0 amide bonds. The van der Waals surface area contributed by atoms with Gasteiger partial charge in [0.25, 0.3) is 0 Å². The number of hydrogen-bond acceptors (Lipinski definition) is 5. The molecule has 3 aliphatic heterocycles. The minimum Gasteiger partial charge on any atom is -0.396 e. The molecule has 2 saturated heterocycles. The van der Waals surface area contributed by atoms with Gasteiger partial charge in [-0.1, -0.05) is 25.3 Å². The monoisotopic (exact) mass is 469 g/mol. The maximum atomic E-state index is 10.0. The number of aliphatic hydroxyl groups is 1. The lowest BCUT2D eigenvalue weighted by Gasteiger charge is -2.70. The maximum absolute atomic E-state index is 10.0. The van der Waals surface area contributed by atoms with E-state index in [1.807, 2.05) is 0 Å². The summed E-state index contributed by atoms with van der Waals surface area (Å²) in [5, 5.41) is 13.3. The molecule has 4 saturated carbocycles. The molecule has 0 radical (unpaired) electrons. The quantitative estimate of drug-likeness (QED) is 0.476. The van der Waals surface area contributed by atoms with Crippen LogP contribution in [0.1, 0.15) is 96.8 Å². The van der Waals surface area contributed by atoms with Crippen LogP contribution in [0.2, 0.25) is 0 Å². The van der Waals surface area contributed by atoms with Crippen LogP contribution in [0.25, 0.3) is 0 Å². The van der Waals surface area contributed by atoms with Crippen LogP contribution in [0.3, 0.4) is 0 Å². The van der Waals surface area contributed by atoms with Crippen LogP contribution in [-0.4, -0.2) is 34.6 Å². The minimum atomic E-state index is -0.282. The molecule has 4 bridgehead atoms. The molecule has 4 aliphatic carbocycles. The summed E-state index contributed by atoms with van der Waals surface area (Å²) in [6.45, 7) is 2.56. The molecule has 0 aromatic rings. The first-order chi connectivity index (χ1) is 16.3. The third-order valence-electron chi connectivity index (χ3n) is 11.2. The van der Waals surface area contributed by atoms with Crippen molar-refractivity contribution in [2.24, 2.45) is 40.6 Å². The Hall–Kier alpha value is -0.880. The zero-order valence-corrected chi connectivity index (χ0v) is 21.2. The predicted octanol–water partition coefficient (Wildman–Crippen LogP) is 4.50. The average Bonchev–Trinajstić information content (AvgIpc) is 3.21. The minimum absolute atomic E-state index is 0.0573. The fourth-order valence-electron chi connectivity index (χ4n) is 10.4. The Labute approximate surface area is 206 Å². The summed E-state index contributed by atoms with van der Waals surface area (Å²) in [4.78, 5) is 0. The van der Waals surface area contributed by atoms with Gasteiger partial charge in [0.15, 0.2) is 0 Å². The summed E-state index contributed by atoms with van der Waals surface area (Å²) in [5.41, 5.74) is 14.7. The highest BCUT2D eigenvalue weighted by atomic mass is 16.5. The van der Waals surface area contributed by atoms with Crippen LogP contribution in [0.5, 0.6) is 0 Å². The number of aliphatic hydroxyl groups excluding tert-OH is 1. The summed E-state index contributed by atoms with van der Waals surface area (Å²) in [6, 6.07) is 0. The number of allylic oxidation sites excluding steroid dienone is 2. The summed E-state index contributed by atoms with van der Waals surface area (Å²) in [6.07, 6.45) is 23.6. The molecule has 8 unspecified atom stereocenters. The van der Waals surface area contributed by atoms with Gasteiger partial charge in [0.2, 0.25) is 0 Å². The summed E-state index contributed by atoms with van der Waals surface area (Å²) < 4.78 is 7.35. The van der Waals surface area contributed by atoms with Gasteiger partial charge >= 0.3 is 0 Å². The highest BCUT2D eigenvalue weighted by Crippen LogP contribution is 2.67. The predicted molar refractivity (Wildman–Crippen MR) is 136 cm³/mol. The van der Waals surface area contributed by atoms with Crippen molar-refractivity contribution in [3.63, 3.8) is 0 Å². The van der Waals surface area contributed by atoms with Crippen molar-refractivity contribution in [1.82, 2.24) is 5.32 Å². The van der Waals surface area contributed by atoms with Crippen LogP contribution < -0.4 is 16.8 Å². The van der Waals surface area contributed by atoms with Crippen molar-refractivity contribution in [3.8, 4) is 0 Å². The third-order valence-corrected chi connectivity index (χ3v) is 11.2. The van der Waals surface area contributed by atoms with Crippen molar-refractivity contribution < 1.29 is 9.84 Å². The number of ether oxygens (including phenoxy) is 1. The normalized spacial score (nSPS) is 49.2. The first-order valence-electron chi connectivity index (χ1n) is 14.3. The van der Waals surface area contributed by atoms with Crippen molar-refractivity contribution in [1.29, 1.82) is 0 Å². The number of fused-ring (bicyclic) bond motifs is 1. The molecule has 0 aromatic heterocycles. The number of dihydropyridines is 1. The Morgan fingerprint density at radius 1 is 1.15 bits per heavy atom. The molecule has 34 heavy (non-hydrogen) atoms. The van der Waals surface area contributed by atoms with Crippen LogP contribution in [0.15, 0.2) is 23.9 Å². The molecule has 6 fully saturated rings. The Bertz CT molecular complexity index is 850. The fraction of sp³-hybridized carbons (Fsp3) is 0.862. The molecular formula is C29H47N3O2. The lowest BCUT2D eigenvalue weighted by molar-refractivity contribution is -0.327. The van der Waals surface area contributed by atoms with E-state index in [0.29, 0.717) is 29.1 Å². The van der Waals surface area contributed by atoms with Crippen LogP contribution >= 0.6 is 0 Å². The molecular weight excluding hydrogens is 422 g/mol. The molecule has 5 heteroatoms. The Morgan fingerprint density at radius 2 is 1.97 bits per heavy atom. The molecule has 8 atom stereocenters. The van der Waals surface area contributed by atoms with E-state index in [1.165, 1.54) is 69.8 Å². The van der Waals surface area contributed by atoms with Crippen molar-refractivity contribution >= 4 is 0 Å². The van der Waals surface area contributed by atoms with Gasteiger partial charge in [0.05, 0.1) is 17.4 Å². The molecule has 7 aliphatic rings. The first-order valence-corrected chi connectivity index (χ1v) is 14.3. The van der Waals surface area contributed by atoms with Crippen molar-refractivity contribution in [2.45, 2.75) is 120 Å². The number of hydrogen-bond donors (Lipinski definition) is 4. The van der Waals surface area contributed by atoms with Crippen molar-refractivity contribution in [3.05, 3.63) is 23.9 Å². The second-order valence-corrected chi connectivity index (χ2v) is 13.6. The van der Waals surface area contributed by atoms with Crippen molar-refractivity contribution in [2.75, 3.05) is 6.61 Å². The standard InChI is InChI=1S/C29H47N3O2/c1-26-8-4-5-22-16-29(34-26,19-28(31,11-12-33)25(22)26)23-14-21(13-20-6-7-24(30)32-18-20)15-27(17-23)9-2-3-10-27/h6-7,18,21-25,32-33H,2-5,8-17,19,30-31H2,1H3. The second-order valence-electron chi connectivity index (χ2n) is 13.6. The molecule has 1 spiro atoms. The topological polar surface area (TPSA) is 93.5 Å². The zero-order chi connectivity index (χ0) is 23.6. The van der Waals surface area contributed by atoms with Gasteiger partial charge in [0, 0.05) is 24.3 Å². The second kappa shape index (κ2) is 8.33. The highest BCUT2D eigenvalue weighted by molar-refractivity contribution is 5.25. The summed E-state index contributed by atoms with van der Waals surface area (Å²) in [7, 11) is 0. The third kappa shape index (κ3) is 3.81. The number of nitrogens with two attached hydrogens (primary N) is 2. The Balaban J connectivity index is 1.32. The van der Waals surface area contributed by atoms with Crippen LogP contribution in [0.4, 0.5) is 0 Å². The van der Waals surface area contributed by atoms with Crippen LogP contribution in [0, 0.1) is 29.1 Å². The van der Waals surface area contributed by atoms with Gasteiger partial charge in [-0.3, -0.25) is 0 Å². The first kappa shape index (κ1) is 23.5. The van der Waals surface area contributed by atoms with E-state index in [1.54, 1.807) is 0 Å². The lowest BCUT2D eigenvalue weighted by Crippen LogP contribution is -2.76. The number of rotatable bonds is 5. The van der Waals surface area contributed by atoms with E-state index in [4.69, 9.17) is 16.2 Å². The Morgan fingerprint density at radius 3 is 2.68 bits per heavy atom. The van der Waals surface area contributed by atoms with Gasteiger partial charge in [-0.05, 0) is 112 Å². The van der Waals surface area contributed by atoms with Gasteiger partial charge < -0.3 is 26.6 Å². The maximum Gasteiger partial charge on any atom is 0.0934 e. The van der Waals surface area contributed by atoms with E-state index < -0.39 is 0 Å². The lowest BCUT2D eigenvalue weighted by atomic mass is 9.45. The van der Waals surface area contributed by atoms with E-state index in [0.717, 1.165) is 25.7 Å².